The van der Waals surface area contributed by atoms with Gasteiger partial charge in [-0.25, -0.2) is 0 Å². The number of hydrogen-bond acceptors (Lipinski definition) is 4. The van der Waals surface area contributed by atoms with Crippen molar-refractivity contribution in [2.45, 2.75) is 83.8 Å². The van der Waals surface area contributed by atoms with Crippen molar-refractivity contribution in [2.24, 2.45) is 11.8 Å². The standard InChI is InChI=1S/C31H39N3O3/c1-31(2,3)37-29(35)19-24(21-10-5-4-6-11-21)30(36)34-17-9-14-28(34)22-15-16-32-27(18-22)25-20-33-26-13-8-7-12-23(25)26/h7-8,12-13,15-16,18,20-21,24,28,33H,4-6,9-11,14,17,19H2,1-3H3/t24-,28-/m0/s1. The third kappa shape index (κ3) is 5.73. The molecule has 1 aliphatic heterocycles. The molecule has 5 rings (SSSR count). The minimum Gasteiger partial charge on any atom is -0.460 e. The molecule has 3 heterocycles. The molecule has 0 radical (unpaired) electrons. The molecule has 6 nitrogen and oxygen atoms in total. The van der Waals surface area contributed by atoms with Crippen LogP contribution in [0.25, 0.3) is 22.2 Å². The van der Waals surface area contributed by atoms with Crippen molar-refractivity contribution in [1.82, 2.24) is 14.9 Å². The minimum absolute atomic E-state index is 0.00387. The molecule has 0 unspecified atom stereocenters. The second-order valence-corrected chi connectivity index (χ2v) is 11.7. The first-order valence-corrected chi connectivity index (χ1v) is 13.8. The molecule has 1 aliphatic carbocycles. The number of ether oxygens (including phenoxy) is 1. The zero-order valence-corrected chi connectivity index (χ0v) is 22.3. The fourth-order valence-electron chi connectivity index (χ4n) is 6.23. The third-order valence-corrected chi connectivity index (χ3v) is 7.91. The van der Waals surface area contributed by atoms with E-state index < -0.39 is 5.60 Å². The minimum atomic E-state index is -0.552. The zero-order chi connectivity index (χ0) is 26.0. The maximum absolute atomic E-state index is 14.1. The first-order valence-electron chi connectivity index (χ1n) is 13.8. The van der Waals surface area contributed by atoms with E-state index in [1.54, 1.807) is 0 Å². The molecule has 6 heteroatoms. The topological polar surface area (TPSA) is 75.3 Å². The van der Waals surface area contributed by atoms with Gasteiger partial charge < -0.3 is 14.6 Å². The van der Waals surface area contributed by atoms with Crippen LogP contribution in [0.2, 0.25) is 0 Å². The molecule has 3 aromatic rings. The molecule has 1 N–H and O–H groups in total. The van der Waals surface area contributed by atoms with E-state index in [1.807, 2.05) is 56.3 Å². The molecule has 2 atom stereocenters. The summed E-state index contributed by atoms with van der Waals surface area (Å²) in [5.74, 6) is -0.219. The van der Waals surface area contributed by atoms with Crippen LogP contribution in [0.1, 0.15) is 83.7 Å². The Labute approximate surface area is 219 Å². The smallest absolute Gasteiger partial charge is 0.307 e. The molecule has 1 aromatic carbocycles. The Morgan fingerprint density at radius 2 is 1.86 bits per heavy atom. The van der Waals surface area contributed by atoms with Gasteiger partial charge in [0, 0.05) is 35.4 Å². The van der Waals surface area contributed by atoms with E-state index in [2.05, 4.69) is 28.2 Å². The summed E-state index contributed by atoms with van der Waals surface area (Å²) in [7, 11) is 0. The molecule has 1 saturated carbocycles. The Hall–Kier alpha value is -3.15. The van der Waals surface area contributed by atoms with Crippen LogP contribution in [0.5, 0.6) is 0 Å². The van der Waals surface area contributed by atoms with Gasteiger partial charge in [-0.3, -0.25) is 14.6 Å². The Morgan fingerprint density at radius 3 is 2.65 bits per heavy atom. The van der Waals surface area contributed by atoms with E-state index in [4.69, 9.17) is 4.74 Å². The fraction of sp³-hybridized carbons (Fsp3) is 0.516. The highest BCUT2D eigenvalue weighted by molar-refractivity contribution is 5.94. The van der Waals surface area contributed by atoms with Crippen molar-refractivity contribution in [3.8, 4) is 11.3 Å². The predicted octanol–water partition coefficient (Wildman–Crippen LogP) is 6.82. The number of fused-ring (bicyclic) bond motifs is 1. The molecule has 196 valence electrons. The maximum Gasteiger partial charge on any atom is 0.307 e. The summed E-state index contributed by atoms with van der Waals surface area (Å²) in [6, 6.07) is 12.4. The number of carbonyl (C=O) groups excluding carboxylic acids is 2. The van der Waals surface area contributed by atoms with Gasteiger partial charge in [0.15, 0.2) is 0 Å². The summed E-state index contributed by atoms with van der Waals surface area (Å²) in [5.41, 5.74) is 3.62. The average Bonchev–Trinajstić information content (AvgIpc) is 3.54. The van der Waals surface area contributed by atoms with Crippen LogP contribution in [-0.2, 0) is 14.3 Å². The molecule has 0 bridgehead atoms. The van der Waals surface area contributed by atoms with Gasteiger partial charge in [0.1, 0.15) is 5.60 Å². The number of nitrogens with one attached hydrogen (secondary N) is 1. The lowest BCUT2D eigenvalue weighted by Crippen LogP contribution is -2.41. The van der Waals surface area contributed by atoms with Crippen LogP contribution >= 0.6 is 0 Å². The molecular weight excluding hydrogens is 462 g/mol. The number of pyridine rings is 1. The quantitative estimate of drug-likeness (QED) is 0.376. The Morgan fingerprint density at radius 1 is 1.08 bits per heavy atom. The number of para-hydroxylation sites is 1. The van der Waals surface area contributed by atoms with Gasteiger partial charge in [0.25, 0.3) is 0 Å². The number of benzene rings is 1. The number of aromatic nitrogens is 2. The Bertz CT molecular complexity index is 1250. The van der Waals surface area contributed by atoms with Gasteiger partial charge in [-0.2, -0.15) is 0 Å². The number of hydrogen-bond donors (Lipinski definition) is 1. The molecule has 1 saturated heterocycles. The lowest BCUT2D eigenvalue weighted by molar-refractivity contribution is -0.160. The average molecular weight is 502 g/mol. The maximum atomic E-state index is 14.1. The Kier molecular flexibility index (Phi) is 7.36. The number of carbonyl (C=O) groups is 2. The van der Waals surface area contributed by atoms with Crippen molar-refractivity contribution in [2.75, 3.05) is 6.54 Å². The normalized spacial score (nSPS) is 19.8. The monoisotopic (exact) mass is 501 g/mol. The molecule has 37 heavy (non-hydrogen) atoms. The van der Waals surface area contributed by atoms with Crippen LogP contribution in [0.4, 0.5) is 0 Å². The van der Waals surface area contributed by atoms with Gasteiger partial charge in [-0.1, -0.05) is 37.5 Å². The summed E-state index contributed by atoms with van der Waals surface area (Å²) in [6.45, 7) is 6.38. The van der Waals surface area contributed by atoms with E-state index >= 15 is 0 Å². The Balaban J connectivity index is 1.40. The molecular formula is C31H39N3O3. The lowest BCUT2D eigenvalue weighted by Gasteiger charge is -2.35. The van der Waals surface area contributed by atoms with Crippen LogP contribution in [0.15, 0.2) is 48.8 Å². The van der Waals surface area contributed by atoms with E-state index in [0.29, 0.717) is 0 Å². The van der Waals surface area contributed by atoms with Crippen LogP contribution in [0.3, 0.4) is 0 Å². The first kappa shape index (κ1) is 25.5. The van der Waals surface area contributed by atoms with Crippen molar-refractivity contribution in [1.29, 1.82) is 0 Å². The molecule has 2 aliphatic rings. The number of rotatable bonds is 6. The zero-order valence-electron chi connectivity index (χ0n) is 22.3. The highest BCUT2D eigenvalue weighted by Gasteiger charge is 2.39. The highest BCUT2D eigenvalue weighted by Crippen LogP contribution is 2.39. The van der Waals surface area contributed by atoms with Crippen molar-refractivity contribution in [3.05, 3.63) is 54.4 Å². The van der Waals surface area contributed by atoms with Gasteiger partial charge in [0.05, 0.1) is 24.1 Å². The van der Waals surface area contributed by atoms with Crippen LogP contribution < -0.4 is 0 Å². The molecule has 2 fully saturated rings. The van der Waals surface area contributed by atoms with E-state index in [9.17, 15) is 9.59 Å². The van der Waals surface area contributed by atoms with E-state index in [1.165, 1.54) is 6.42 Å². The summed E-state index contributed by atoms with van der Waals surface area (Å²) in [6.07, 6.45) is 11.4. The number of esters is 1. The summed E-state index contributed by atoms with van der Waals surface area (Å²) >= 11 is 0. The number of nitrogens with zero attached hydrogens (tertiary/aromatic N) is 2. The van der Waals surface area contributed by atoms with E-state index in [-0.39, 0.29) is 36.2 Å². The predicted molar refractivity (Wildman–Crippen MR) is 146 cm³/mol. The second kappa shape index (κ2) is 10.7. The van der Waals surface area contributed by atoms with Gasteiger partial charge in [-0.05, 0) is 76.1 Å². The fourth-order valence-corrected chi connectivity index (χ4v) is 6.23. The largest absolute Gasteiger partial charge is 0.460 e. The van der Waals surface area contributed by atoms with Gasteiger partial charge >= 0.3 is 5.97 Å². The van der Waals surface area contributed by atoms with E-state index in [0.717, 1.165) is 72.8 Å². The SMILES string of the molecule is CC(C)(C)OC(=O)C[C@H](C(=O)N1CCC[C@H]1c1ccnc(-c2c[nH]c3ccccc23)c1)C1CCCCC1. The summed E-state index contributed by atoms with van der Waals surface area (Å²) in [5, 5.41) is 1.14. The van der Waals surface area contributed by atoms with Crippen molar-refractivity contribution in [3.63, 3.8) is 0 Å². The lowest BCUT2D eigenvalue weighted by atomic mass is 9.77. The number of amides is 1. The number of likely N-dealkylation sites (tertiary alicyclic amines) is 1. The van der Waals surface area contributed by atoms with Gasteiger partial charge in [0.2, 0.25) is 5.91 Å². The second-order valence-electron chi connectivity index (χ2n) is 11.7. The molecule has 1 amide bonds. The van der Waals surface area contributed by atoms with Crippen molar-refractivity contribution >= 4 is 22.8 Å². The van der Waals surface area contributed by atoms with Crippen LogP contribution in [0, 0.1) is 11.8 Å². The third-order valence-electron chi connectivity index (χ3n) is 7.91. The number of H-pyrrole nitrogens is 1. The van der Waals surface area contributed by atoms with Gasteiger partial charge in [-0.15, -0.1) is 0 Å². The summed E-state index contributed by atoms with van der Waals surface area (Å²) in [4.78, 5) is 37.0. The van der Waals surface area contributed by atoms with Crippen LogP contribution in [-0.4, -0.2) is 38.9 Å². The molecule has 2 aromatic heterocycles. The number of aromatic amines is 1. The highest BCUT2D eigenvalue weighted by atomic mass is 16.6. The molecule has 0 spiro atoms. The summed E-state index contributed by atoms with van der Waals surface area (Å²) < 4.78 is 5.65. The first-order chi connectivity index (χ1) is 17.8. The van der Waals surface area contributed by atoms with Crippen molar-refractivity contribution < 1.29 is 14.3 Å².